The van der Waals surface area contributed by atoms with E-state index in [0.29, 0.717) is 5.06 Å². The third-order valence-corrected chi connectivity index (χ3v) is 4.94. The number of amides is 2. The van der Waals surface area contributed by atoms with Crippen molar-refractivity contribution in [2.24, 2.45) is 5.92 Å². The number of hydrogen-bond donors (Lipinski definition) is 2. The number of ether oxygens (including phenoxy) is 3. The van der Waals surface area contributed by atoms with Crippen molar-refractivity contribution in [3.8, 4) is 0 Å². The summed E-state index contributed by atoms with van der Waals surface area (Å²) >= 11 is 0. The van der Waals surface area contributed by atoms with Gasteiger partial charge < -0.3 is 24.4 Å². The molecule has 2 N–H and O–H groups in total. The molecule has 0 unspecified atom stereocenters. The van der Waals surface area contributed by atoms with Crippen molar-refractivity contribution in [3.63, 3.8) is 0 Å². The molecule has 1 aromatic carbocycles. The first-order valence-corrected chi connectivity index (χ1v) is 8.73. The van der Waals surface area contributed by atoms with Crippen LogP contribution in [0, 0.1) is 5.92 Å². The van der Waals surface area contributed by atoms with E-state index in [4.69, 9.17) is 19.0 Å². The minimum absolute atomic E-state index is 0.131. The fourth-order valence-corrected chi connectivity index (χ4v) is 3.71. The molecule has 0 aliphatic carbocycles. The molecule has 2 saturated heterocycles. The Labute approximate surface area is 155 Å². The zero-order valence-corrected chi connectivity index (χ0v) is 14.9. The van der Waals surface area contributed by atoms with Gasteiger partial charge in [-0.15, -0.1) is 5.06 Å². The molecule has 3 heterocycles. The molecule has 9 heteroatoms. The lowest BCUT2D eigenvalue weighted by Crippen LogP contribution is -2.43. The Balaban J connectivity index is 1.50. The van der Waals surface area contributed by atoms with Crippen molar-refractivity contribution >= 4 is 11.8 Å². The van der Waals surface area contributed by atoms with Gasteiger partial charge in [-0.1, -0.05) is 12.1 Å². The Bertz CT molecular complexity index is 730. The van der Waals surface area contributed by atoms with Crippen LogP contribution in [-0.4, -0.2) is 70.7 Å². The van der Waals surface area contributed by atoms with Crippen LogP contribution in [0.1, 0.15) is 34.6 Å². The van der Waals surface area contributed by atoms with Crippen molar-refractivity contribution in [2.75, 3.05) is 13.2 Å². The van der Waals surface area contributed by atoms with Crippen molar-refractivity contribution in [2.45, 2.75) is 44.2 Å². The number of aliphatic hydroxyl groups excluding tert-OH is 2. The molecule has 0 bridgehead atoms. The molecule has 27 heavy (non-hydrogen) atoms. The van der Waals surface area contributed by atoms with Gasteiger partial charge in [-0.25, -0.2) is 0 Å². The van der Waals surface area contributed by atoms with E-state index < -0.39 is 54.7 Å². The third-order valence-electron chi connectivity index (χ3n) is 4.94. The van der Waals surface area contributed by atoms with Gasteiger partial charge in [0.1, 0.15) is 12.2 Å². The number of imide groups is 1. The van der Waals surface area contributed by atoms with Crippen molar-refractivity contribution in [3.05, 3.63) is 35.4 Å². The van der Waals surface area contributed by atoms with E-state index in [1.54, 1.807) is 38.1 Å². The normalized spacial score (nSPS) is 32.7. The third kappa shape index (κ3) is 3.06. The molecule has 9 nitrogen and oxygen atoms in total. The number of fused-ring (bicyclic) bond motifs is 2. The molecule has 4 rings (SSSR count). The lowest BCUT2D eigenvalue weighted by Gasteiger charge is -2.28. The highest BCUT2D eigenvalue weighted by Crippen LogP contribution is 2.42. The average Bonchev–Trinajstić information content (AvgIpc) is 3.20. The number of carbonyl (C=O) groups excluding carboxylic acids is 2. The summed E-state index contributed by atoms with van der Waals surface area (Å²) in [5, 5.41) is 20.1. The van der Waals surface area contributed by atoms with Gasteiger partial charge in [0.15, 0.2) is 12.1 Å². The number of nitrogens with zero attached hydrogens (tertiary/aromatic N) is 1. The summed E-state index contributed by atoms with van der Waals surface area (Å²) in [5.41, 5.74) is 0.549. The van der Waals surface area contributed by atoms with E-state index in [-0.39, 0.29) is 17.7 Å². The summed E-state index contributed by atoms with van der Waals surface area (Å²) in [6.45, 7) is 2.81. The maximum atomic E-state index is 12.4. The van der Waals surface area contributed by atoms with Gasteiger partial charge >= 0.3 is 0 Å². The zero-order chi connectivity index (χ0) is 19.3. The van der Waals surface area contributed by atoms with Crippen molar-refractivity contribution < 1.29 is 38.9 Å². The quantitative estimate of drug-likeness (QED) is 0.691. The Hall–Kier alpha value is -1.88. The second kappa shape index (κ2) is 6.62. The highest BCUT2D eigenvalue weighted by atomic mass is 16.8. The molecular weight excluding hydrogens is 358 g/mol. The van der Waals surface area contributed by atoms with E-state index in [9.17, 15) is 19.8 Å². The van der Waals surface area contributed by atoms with Crippen LogP contribution in [0.4, 0.5) is 0 Å². The molecule has 5 atom stereocenters. The molecule has 3 aliphatic heterocycles. The molecule has 0 spiro atoms. The van der Waals surface area contributed by atoms with Crippen molar-refractivity contribution in [1.29, 1.82) is 0 Å². The topological polar surface area (TPSA) is 115 Å². The SMILES string of the molecule is CC1(C)O[C@H]2O[C@H]([C@H](O)CO)[C@@H](CON3C(=O)c4ccccc4C3=O)[C@H]2O1. The van der Waals surface area contributed by atoms with Gasteiger partial charge in [0.25, 0.3) is 11.8 Å². The first-order chi connectivity index (χ1) is 12.8. The van der Waals surface area contributed by atoms with E-state index in [1.807, 2.05) is 0 Å². The van der Waals surface area contributed by atoms with Crippen LogP contribution in [0.25, 0.3) is 0 Å². The fourth-order valence-electron chi connectivity index (χ4n) is 3.71. The van der Waals surface area contributed by atoms with Crippen LogP contribution < -0.4 is 0 Å². The maximum Gasteiger partial charge on any atom is 0.285 e. The van der Waals surface area contributed by atoms with Gasteiger partial charge in [0.2, 0.25) is 0 Å². The average molecular weight is 379 g/mol. The minimum atomic E-state index is -1.18. The maximum absolute atomic E-state index is 12.4. The Morgan fingerprint density at radius 2 is 1.81 bits per heavy atom. The van der Waals surface area contributed by atoms with E-state index in [0.717, 1.165) is 0 Å². The summed E-state index contributed by atoms with van der Waals surface area (Å²) < 4.78 is 17.2. The molecule has 0 aromatic heterocycles. The van der Waals surface area contributed by atoms with Crippen LogP contribution in [-0.2, 0) is 19.0 Å². The van der Waals surface area contributed by atoms with Crippen LogP contribution >= 0.6 is 0 Å². The minimum Gasteiger partial charge on any atom is -0.394 e. The second-order valence-corrected chi connectivity index (χ2v) is 7.23. The van der Waals surface area contributed by atoms with Crippen LogP contribution in [0.3, 0.4) is 0 Å². The summed E-state index contributed by atoms with van der Waals surface area (Å²) in [7, 11) is 0. The molecule has 0 saturated carbocycles. The summed E-state index contributed by atoms with van der Waals surface area (Å²) in [4.78, 5) is 30.4. The highest BCUT2D eigenvalue weighted by Gasteiger charge is 2.56. The van der Waals surface area contributed by atoms with Gasteiger partial charge in [-0.05, 0) is 26.0 Å². The highest BCUT2D eigenvalue weighted by molar-refractivity contribution is 6.20. The van der Waals surface area contributed by atoms with Crippen LogP contribution in [0.5, 0.6) is 0 Å². The second-order valence-electron chi connectivity index (χ2n) is 7.23. The molecule has 1 aromatic rings. The molecular formula is C18H21NO8. The number of rotatable bonds is 5. The van der Waals surface area contributed by atoms with Crippen molar-refractivity contribution in [1.82, 2.24) is 5.06 Å². The smallest absolute Gasteiger partial charge is 0.285 e. The Kier molecular flexibility index (Phi) is 4.53. The fraction of sp³-hybridized carbons (Fsp3) is 0.556. The van der Waals surface area contributed by atoms with E-state index in [1.165, 1.54) is 0 Å². The molecule has 0 radical (unpaired) electrons. The van der Waals surface area contributed by atoms with E-state index in [2.05, 4.69) is 0 Å². The van der Waals surface area contributed by atoms with Gasteiger partial charge in [0, 0.05) is 5.92 Å². The number of hydrogen-bond acceptors (Lipinski definition) is 8. The summed E-state index contributed by atoms with van der Waals surface area (Å²) in [6, 6.07) is 6.45. The number of aliphatic hydroxyl groups is 2. The first kappa shape index (κ1) is 18.5. The largest absolute Gasteiger partial charge is 0.394 e. The number of hydroxylamine groups is 2. The first-order valence-electron chi connectivity index (χ1n) is 8.73. The van der Waals surface area contributed by atoms with Gasteiger partial charge in [0.05, 0.1) is 30.4 Å². The predicted molar refractivity (Wildman–Crippen MR) is 88.2 cm³/mol. The Morgan fingerprint density at radius 1 is 1.19 bits per heavy atom. The van der Waals surface area contributed by atoms with Crippen LogP contribution in [0.2, 0.25) is 0 Å². The summed E-state index contributed by atoms with van der Waals surface area (Å²) in [6.07, 6.45) is -3.30. The predicted octanol–water partition coefficient (Wildman–Crippen LogP) is 0.0600. The monoisotopic (exact) mass is 379 g/mol. The van der Waals surface area contributed by atoms with Crippen LogP contribution in [0.15, 0.2) is 24.3 Å². The molecule has 146 valence electrons. The molecule has 2 fully saturated rings. The number of carbonyl (C=O) groups is 2. The van der Waals surface area contributed by atoms with Gasteiger partial charge in [-0.2, -0.15) is 0 Å². The lowest BCUT2D eigenvalue weighted by atomic mass is 9.96. The zero-order valence-electron chi connectivity index (χ0n) is 14.9. The number of benzene rings is 1. The summed E-state index contributed by atoms with van der Waals surface area (Å²) in [5.74, 6) is -2.52. The standard InChI is InChI=1S/C18H21NO8/c1-18(2)26-14-11(13(12(21)7-20)25-17(14)27-18)8-24-19-15(22)9-5-3-4-6-10(9)16(19)23/h3-6,11-14,17,20-21H,7-8H2,1-2H3/t11-,12-,13+,14-,17-/m1/s1. The Morgan fingerprint density at radius 3 is 2.41 bits per heavy atom. The molecule has 2 amide bonds. The van der Waals surface area contributed by atoms with Gasteiger partial charge in [-0.3, -0.25) is 14.4 Å². The lowest BCUT2D eigenvalue weighted by molar-refractivity contribution is -0.227. The van der Waals surface area contributed by atoms with E-state index >= 15 is 0 Å². The molecule has 3 aliphatic rings.